The Bertz CT molecular complexity index is 245. The predicted molar refractivity (Wildman–Crippen MR) is 46.2 cm³/mol. The average Bonchev–Trinajstić information content (AvgIpc) is 2.30. The largest absolute Gasteiger partial charge is 0.392 e. The molecule has 0 aliphatic carbocycles. The molecule has 0 aliphatic rings. The first-order chi connectivity index (χ1) is 5.16. The van der Waals surface area contributed by atoms with E-state index < -0.39 is 0 Å². The molecule has 1 N–H and O–H groups in total. The molecule has 4 heteroatoms. The van der Waals surface area contributed by atoms with Crippen molar-refractivity contribution in [2.75, 3.05) is 0 Å². The second kappa shape index (κ2) is 3.36. The molecule has 1 heterocycles. The number of nitrogens with zero attached hydrogens (tertiary/aromatic N) is 2. The van der Waals surface area contributed by atoms with Crippen molar-refractivity contribution in [3.63, 3.8) is 0 Å². The van der Waals surface area contributed by atoms with Gasteiger partial charge in [-0.3, -0.25) is 4.68 Å². The van der Waals surface area contributed by atoms with E-state index in [-0.39, 0.29) is 6.61 Å². The predicted octanol–water partition coefficient (Wildman–Crippen LogP) is 1.72. The SMILES string of the molecule is CC(C)n1ncc(CO)c1Br. The van der Waals surface area contributed by atoms with E-state index in [4.69, 9.17) is 5.11 Å². The smallest absolute Gasteiger partial charge is 0.109 e. The first kappa shape index (κ1) is 8.74. The van der Waals surface area contributed by atoms with E-state index in [1.807, 2.05) is 18.5 Å². The third-order valence-electron chi connectivity index (χ3n) is 1.46. The lowest BCUT2D eigenvalue weighted by Gasteiger charge is -2.06. The molecule has 11 heavy (non-hydrogen) atoms. The third-order valence-corrected chi connectivity index (χ3v) is 2.34. The fourth-order valence-corrected chi connectivity index (χ4v) is 1.58. The molecule has 0 atom stereocenters. The number of aromatic nitrogens is 2. The van der Waals surface area contributed by atoms with Crippen molar-refractivity contribution in [3.8, 4) is 0 Å². The summed E-state index contributed by atoms with van der Waals surface area (Å²) >= 11 is 3.35. The van der Waals surface area contributed by atoms with E-state index in [1.165, 1.54) is 0 Å². The fraction of sp³-hybridized carbons (Fsp3) is 0.571. The quantitative estimate of drug-likeness (QED) is 0.822. The van der Waals surface area contributed by atoms with Gasteiger partial charge in [0, 0.05) is 11.6 Å². The second-order valence-corrected chi connectivity index (χ2v) is 3.41. The summed E-state index contributed by atoms with van der Waals surface area (Å²) in [7, 11) is 0. The van der Waals surface area contributed by atoms with Gasteiger partial charge in [0.15, 0.2) is 0 Å². The Morgan fingerprint density at radius 3 is 2.64 bits per heavy atom. The van der Waals surface area contributed by atoms with Crippen LogP contribution in [0.2, 0.25) is 0 Å². The van der Waals surface area contributed by atoms with E-state index in [0.717, 1.165) is 10.2 Å². The van der Waals surface area contributed by atoms with Crippen LogP contribution in [0.1, 0.15) is 25.5 Å². The lowest BCUT2D eigenvalue weighted by molar-refractivity contribution is 0.280. The van der Waals surface area contributed by atoms with Crippen LogP contribution in [-0.4, -0.2) is 14.9 Å². The minimum absolute atomic E-state index is 0.0350. The summed E-state index contributed by atoms with van der Waals surface area (Å²) in [6.07, 6.45) is 1.67. The molecule has 0 unspecified atom stereocenters. The van der Waals surface area contributed by atoms with Crippen LogP contribution in [-0.2, 0) is 6.61 Å². The van der Waals surface area contributed by atoms with Gasteiger partial charge in [-0.2, -0.15) is 5.10 Å². The summed E-state index contributed by atoms with van der Waals surface area (Å²) in [6, 6.07) is 0.324. The van der Waals surface area contributed by atoms with E-state index in [2.05, 4.69) is 21.0 Å². The Balaban J connectivity index is 3.00. The lowest BCUT2D eigenvalue weighted by Crippen LogP contribution is -2.02. The van der Waals surface area contributed by atoms with Crippen molar-refractivity contribution in [3.05, 3.63) is 16.4 Å². The maximum Gasteiger partial charge on any atom is 0.109 e. The number of rotatable bonds is 2. The summed E-state index contributed by atoms with van der Waals surface area (Å²) < 4.78 is 2.70. The minimum Gasteiger partial charge on any atom is -0.392 e. The molecule has 62 valence electrons. The summed E-state index contributed by atoms with van der Waals surface area (Å²) in [4.78, 5) is 0. The van der Waals surface area contributed by atoms with Gasteiger partial charge in [-0.1, -0.05) is 0 Å². The number of hydrogen-bond donors (Lipinski definition) is 1. The maximum absolute atomic E-state index is 8.83. The first-order valence-corrected chi connectivity index (χ1v) is 4.29. The van der Waals surface area contributed by atoms with Gasteiger partial charge < -0.3 is 5.11 Å². The molecular weight excluding hydrogens is 208 g/mol. The number of hydrogen-bond acceptors (Lipinski definition) is 2. The third kappa shape index (κ3) is 1.62. The van der Waals surface area contributed by atoms with Gasteiger partial charge in [-0.25, -0.2) is 0 Å². The van der Waals surface area contributed by atoms with Gasteiger partial charge in [-0.15, -0.1) is 0 Å². The normalized spacial score (nSPS) is 11.0. The van der Waals surface area contributed by atoms with Crippen molar-refractivity contribution < 1.29 is 5.11 Å². The molecule has 1 aromatic heterocycles. The molecule has 0 bridgehead atoms. The Morgan fingerprint density at radius 2 is 2.36 bits per heavy atom. The molecule has 1 rings (SSSR count). The van der Waals surface area contributed by atoms with Crippen LogP contribution < -0.4 is 0 Å². The Hall–Kier alpha value is -0.350. The summed E-state index contributed by atoms with van der Waals surface area (Å²) in [5.41, 5.74) is 0.832. The average molecular weight is 219 g/mol. The van der Waals surface area contributed by atoms with Crippen molar-refractivity contribution in [1.29, 1.82) is 0 Å². The number of aliphatic hydroxyl groups excluding tert-OH is 1. The van der Waals surface area contributed by atoms with Gasteiger partial charge in [0.1, 0.15) is 4.60 Å². The fourth-order valence-electron chi connectivity index (χ4n) is 0.849. The van der Waals surface area contributed by atoms with Gasteiger partial charge in [-0.05, 0) is 29.8 Å². The van der Waals surface area contributed by atoms with Crippen LogP contribution in [0.4, 0.5) is 0 Å². The Labute approximate surface area is 74.2 Å². The standard InChI is InChI=1S/C7H11BrN2O/c1-5(2)10-7(8)6(4-11)3-9-10/h3,5,11H,4H2,1-2H3. The zero-order valence-electron chi connectivity index (χ0n) is 6.58. The van der Waals surface area contributed by atoms with Crippen LogP contribution in [0, 0.1) is 0 Å². The Morgan fingerprint density at radius 1 is 1.73 bits per heavy atom. The molecule has 0 saturated carbocycles. The van der Waals surface area contributed by atoms with Gasteiger partial charge in [0.2, 0.25) is 0 Å². The summed E-state index contributed by atoms with van der Waals surface area (Å²) in [5.74, 6) is 0. The highest BCUT2D eigenvalue weighted by molar-refractivity contribution is 9.10. The van der Waals surface area contributed by atoms with E-state index >= 15 is 0 Å². The van der Waals surface area contributed by atoms with Crippen molar-refractivity contribution in [1.82, 2.24) is 9.78 Å². The zero-order valence-corrected chi connectivity index (χ0v) is 8.17. The monoisotopic (exact) mass is 218 g/mol. The van der Waals surface area contributed by atoms with Crippen LogP contribution in [0.5, 0.6) is 0 Å². The Kier molecular flexibility index (Phi) is 2.67. The minimum atomic E-state index is 0.0350. The highest BCUT2D eigenvalue weighted by atomic mass is 79.9. The van der Waals surface area contributed by atoms with Crippen LogP contribution >= 0.6 is 15.9 Å². The molecule has 3 nitrogen and oxygen atoms in total. The second-order valence-electron chi connectivity index (χ2n) is 2.66. The number of halogens is 1. The van der Waals surface area contributed by atoms with Gasteiger partial charge in [0.25, 0.3) is 0 Å². The first-order valence-electron chi connectivity index (χ1n) is 3.49. The molecular formula is C7H11BrN2O. The number of aliphatic hydroxyl groups is 1. The van der Waals surface area contributed by atoms with Crippen LogP contribution in [0.15, 0.2) is 10.8 Å². The molecule has 0 fully saturated rings. The highest BCUT2D eigenvalue weighted by Gasteiger charge is 2.08. The van der Waals surface area contributed by atoms with E-state index in [1.54, 1.807) is 6.20 Å². The van der Waals surface area contributed by atoms with E-state index in [0.29, 0.717) is 6.04 Å². The van der Waals surface area contributed by atoms with Crippen LogP contribution in [0.25, 0.3) is 0 Å². The molecule has 0 aliphatic heterocycles. The maximum atomic E-state index is 8.83. The highest BCUT2D eigenvalue weighted by Crippen LogP contribution is 2.19. The van der Waals surface area contributed by atoms with Crippen molar-refractivity contribution >= 4 is 15.9 Å². The topological polar surface area (TPSA) is 38.0 Å². The molecule has 0 saturated heterocycles. The summed E-state index contributed by atoms with van der Waals surface area (Å²) in [6.45, 7) is 4.12. The van der Waals surface area contributed by atoms with Crippen molar-refractivity contribution in [2.45, 2.75) is 26.5 Å². The van der Waals surface area contributed by atoms with Gasteiger partial charge in [0.05, 0.1) is 12.8 Å². The van der Waals surface area contributed by atoms with Gasteiger partial charge >= 0.3 is 0 Å². The lowest BCUT2D eigenvalue weighted by atomic mass is 10.4. The molecule has 0 aromatic carbocycles. The van der Waals surface area contributed by atoms with Crippen molar-refractivity contribution in [2.24, 2.45) is 0 Å². The molecule has 0 radical (unpaired) electrons. The van der Waals surface area contributed by atoms with Crippen LogP contribution in [0.3, 0.4) is 0 Å². The summed E-state index contributed by atoms with van der Waals surface area (Å²) in [5, 5.41) is 12.9. The zero-order chi connectivity index (χ0) is 8.43. The molecule has 0 amide bonds. The molecule has 1 aromatic rings. The molecule has 0 spiro atoms. The van der Waals surface area contributed by atoms with E-state index in [9.17, 15) is 0 Å².